The van der Waals surface area contributed by atoms with E-state index in [1.165, 1.54) is 18.0 Å². The van der Waals surface area contributed by atoms with E-state index in [1.54, 1.807) is 36.4 Å². The summed E-state index contributed by atoms with van der Waals surface area (Å²) in [6, 6.07) is 22.9. The number of rotatable bonds is 9. The second kappa shape index (κ2) is 12.8. The van der Waals surface area contributed by atoms with Crippen LogP contribution in [0, 0.1) is 11.8 Å². The summed E-state index contributed by atoms with van der Waals surface area (Å²) < 4.78 is 0. The van der Waals surface area contributed by atoms with E-state index in [0.29, 0.717) is 23.2 Å². The maximum atomic E-state index is 12.4. The van der Waals surface area contributed by atoms with E-state index in [9.17, 15) is 19.5 Å². The average molecular weight is 527 g/mol. The van der Waals surface area contributed by atoms with Gasteiger partial charge < -0.3 is 21.1 Å². The van der Waals surface area contributed by atoms with Gasteiger partial charge in [-0.2, -0.15) is 0 Å². The second-order valence-corrected chi connectivity index (χ2v) is 9.36. The first-order chi connectivity index (χ1) is 18.8. The van der Waals surface area contributed by atoms with E-state index < -0.39 is 24.0 Å². The van der Waals surface area contributed by atoms with E-state index in [-0.39, 0.29) is 18.0 Å². The number of amides is 3. The predicted molar refractivity (Wildman–Crippen MR) is 146 cm³/mol. The van der Waals surface area contributed by atoms with Gasteiger partial charge in [-0.25, -0.2) is 5.48 Å². The SMILES string of the molecule is C[C@@H](O)[C@H](NC(=O)c1ccc(C#Cc2ccc(NC(=O)CN[C@H]3C[C@@H]3c3ccccc3)cc2)cc1)C(=O)NO. The summed E-state index contributed by atoms with van der Waals surface area (Å²) in [6.45, 7) is 1.57. The smallest absolute Gasteiger partial charge is 0.268 e. The van der Waals surface area contributed by atoms with Gasteiger partial charge in [-0.05, 0) is 67.4 Å². The van der Waals surface area contributed by atoms with Crippen molar-refractivity contribution in [2.45, 2.75) is 37.5 Å². The number of benzene rings is 3. The molecule has 6 N–H and O–H groups in total. The molecule has 9 heteroatoms. The minimum Gasteiger partial charge on any atom is -0.391 e. The number of carbonyl (C=O) groups excluding carboxylic acids is 3. The number of hydrogen-bond acceptors (Lipinski definition) is 6. The number of hydrogen-bond donors (Lipinski definition) is 6. The van der Waals surface area contributed by atoms with Crippen molar-refractivity contribution in [2.75, 3.05) is 11.9 Å². The van der Waals surface area contributed by atoms with Crippen LogP contribution >= 0.6 is 0 Å². The molecule has 0 aromatic heterocycles. The molecule has 1 aliphatic carbocycles. The number of hydroxylamine groups is 1. The molecule has 3 aromatic carbocycles. The number of aliphatic hydroxyl groups is 1. The zero-order valence-electron chi connectivity index (χ0n) is 21.3. The standard InChI is InChI=1S/C30H30N4O5/c1-19(35)28(30(38)34-39)33-29(37)23-13-9-20(10-14-23)7-8-21-11-15-24(16-12-21)32-27(36)18-31-26-17-25(26)22-5-3-2-4-6-22/h2-6,9-16,19,25-26,28,31,35,39H,17-18H2,1H3,(H,32,36)(H,33,37)(H,34,38)/t19-,25-,26+,28+/m1/s1. The zero-order valence-corrected chi connectivity index (χ0v) is 21.3. The lowest BCUT2D eigenvalue weighted by molar-refractivity contribution is -0.133. The number of carbonyl (C=O) groups is 3. The lowest BCUT2D eigenvalue weighted by atomic mass is 10.1. The molecule has 3 amide bonds. The van der Waals surface area contributed by atoms with Gasteiger partial charge in [0.05, 0.1) is 12.6 Å². The van der Waals surface area contributed by atoms with Crippen molar-refractivity contribution in [2.24, 2.45) is 0 Å². The fraction of sp³-hybridized carbons (Fsp3) is 0.233. The molecule has 0 bridgehead atoms. The van der Waals surface area contributed by atoms with Crippen LogP contribution in [0.25, 0.3) is 0 Å². The Morgan fingerprint density at radius 2 is 1.54 bits per heavy atom. The summed E-state index contributed by atoms with van der Waals surface area (Å²) in [5, 5.41) is 27.0. The Kier molecular flexibility index (Phi) is 9.07. The molecular formula is C30H30N4O5. The summed E-state index contributed by atoms with van der Waals surface area (Å²) in [7, 11) is 0. The minimum absolute atomic E-state index is 0.103. The van der Waals surface area contributed by atoms with Crippen LogP contribution in [0.5, 0.6) is 0 Å². The van der Waals surface area contributed by atoms with Gasteiger partial charge in [0.15, 0.2) is 0 Å². The molecule has 0 unspecified atom stereocenters. The molecule has 200 valence electrons. The van der Waals surface area contributed by atoms with Crippen LogP contribution in [0.4, 0.5) is 5.69 Å². The normalized spacial score (nSPS) is 17.1. The van der Waals surface area contributed by atoms with Crippen molar-refractivity contribution in [1.82, 2.24) is 16.1 Å². The Morgan fingerprint density at radius 1 is 0.923 bits per heavy atom. The summed E-state index contributed by atoms with van der Waals surface area (Å²) >= 11 is 0. The molecular weight excluding hydrogens is 496 g/mol. The average Bonchev–Trinajstić information content (AvgIpc) is 3.74. The fourth-order valence-electron chi connectivity index (χ4n) is 4.10. The lowest BCUT2D eigenvalue weighted by Gasteiger charge is -2.19. The molecule has 1 aliphatic rings. The highest BCUT2D eigenvalue weighted by atomic mass is 16.5. The van der Waals surface area contributed by atoms with Crippen molar-refractivity contribution in [3.05, 3.63) is 101 Å². The van der Waals surface area contributed by atoms with Crippen LogP contribution in [0.2, 0.25) is 0 Å². The van der Waals surface area contributed by atoms with Gasteiger partial charge in [-0.3, -0.25) is 19.6 Å². The van der Waals surface area contributed by atoms with Gasteiger partial charge in [0.1, 0.15) is 6.04 Å². The Hall–Kier alpha value is -4.49. The largest absolute Gasteiger partial charge is 0.391 e. The van der Waals surface area contributed by atoms with Crippen LogP contribution in [-0.4, -0.2) is 52.8 Å². The highest BCUT2D eigenvalue weighted by Crippen LogP contribution is 2.40. The second-order valence-electron chi connectivity index (χ2n) is 9.36. The quantitative estimate of drug-likeness (QED) is 0.144. The van der Waals surface area contributed by atoms with E-state index in [4.69, 9.17) is 5.21 Å². The van der Waals surface area contributed by atoms with Gasteiger partial charge in [-0.15, -0.1) is 0 Å². The van der Waals surface area contributed by atoms with Gasteiger partial charge in [-0.1, -0.05) is 42.2 Å². The van der Waals surface area contributed by atoms with Crippen LogP contribution in [0.15, 0.2) is 78.9 Å². The zero-order chi connectivity index (χ0) is 27.8. The Labute approximate surface area is 226 Å². The summed E-state index contributed by atoms with van der Waals surface area (Å²) in [6.07, 6.45) is -0.161. The van der Waals surface area contributed by atoms with Gasteiger partial charge >= 0.3 is 0 Å². The molecule has 3 aromatic rings. The third kappa shape index (κ3) is 7.75. The van der Waals surface area contributed by atoms with Gasteiger partial charge in [0, 0.05) is 34.3 Å². The van der Waals surface area contributed by atoms with E-state index in [2.05, 4.69) is 39.9 Å². The molecule has 0 spiro atoms. The van der Waals surface area contributed by atoms with Crippen LogP contribution in [0.3, 0.4) is 0 Å². The van der Waals surface area contributed by atoms with Gasteiger partial charge in [0.2, 0.25) is 5.91 Å². The lowest BCUT2D eigenvalue weighted by Crippen LogP contribution is -2.51. The summed E-state index contributed by atoms with van der Waals surface area (Å²) in [5.41, 5.74) is 5.09. The highest BCUT2D eigenvalue weighted by molar-refractivity contribution is 5.97. The molecule has 0 saturated heterocycles. The molecule has 4 atom stereocenters. The van der Waals surface area contributed by atoms with Crippen LogP contribution < -0.4 is 21.4 Å². The molecule has 1 fully saturated rings. The van der Waals surface area contributed by atoms with Gasteiger partial charge in [0.25, 0.3) is 11.8 Å². The van der Waals surface area contributed by atoms with Crippen LogP contribution in [-0.2, 0) is 9.59 Å². The Balaban J connectivity index is 1.25. The van der Waals surface area contributed by atoms with E-state index in [0.717, 1.165) is 12.0 Å². The molecule has 0 aliphatic heterocycles. The Morgan fingerprint density at radius 3 is 2.13 bits per heavy atom. The van der Waals surface area contributed by atoms with Crippen molar-refractivity contribution < 1.29 is 24.7 Å². The first-order valence-corrected chi connectivity index (χ1v) is 12.6. The number of aliphatic hydroxyl groups excluding tert-OH is 1. The molecule has 0 radical (unpaired) electrons. The third-order valence-electron chi connectivity index (χ3n) is 6.37. The summed E-state index contributed by atoms with van der Waals surface area (Å²) in [5.74, 6) is 4.92. The number of anilines is 1. The molecule has 39 heavy (non-hydrogen) atoms. The molecule has 9 nitrogen and oxygen atoms in total. The van der Waals surface area contributed by atoms with Crippen molar-refractivity contribution in [1.29, 1.82) is 0 Å². The van der Waals surface area contributed by atoms with Crippen molar-refractivity contribution in [3.63, 3.8) is 0 Å². The third-order valence-corrected chi connectivity index (χ3v) is 6.37. The van der Waals surface area contributed by atoms with Crippen LogP contribution in [0.1, 0.15) is 46.3 Å². The Bertz CT molecular complexity index is 1360. The van der Waals surface area contributed by atoms with Crippen molar-refractivity contribution >= 4 is 23.4 Å². The molecule has 1 saturated carbocycles. The monoisotopic (exact) mass is 526 g/mol. The predicted octanol–water partition coefficient (Wildman–Crippen LogP) is 2.16. The number of nitrogens with one attached hydrogen (secondary N) is 4. The molecule has 0 heterocycles. The van der Waals surface area contributed by atoms with E-state index >= 15 is 0 Å². The summed E-state index contributed by atoms with van der Waals surface area (Å²) in [4.78, 5) is 36.3. The van der Waals surface area contributed by atoms with E-state index in [1.807, 2.05) is 30.3 Å². The highest BCUT2D eigenvalue weighted by Gasteiger charge is 2.37. The first kappa shape index (κ1) is 27.5. The maximum Gasteiger partial charge on any atom is 0.268 e. The van der Waals surface area contributed by atoms with Crippen molar-refractivity contribution in [3.8, 4) is 11.8 Å². The first-order valence-electron chi connectivity index (χ1n) is 12.6. The fourth-order valence-corrected chi connectivity index (χ4v) is 4.10. The molecule has 4 rings (SSSR count). The maximum absolute atomic E-state index is 12.4. The topological polar surface area (TPSA) is 140 Å². The minimum atomic E-state index is -1.30.